The molecule has 1 fully saturated rings. The monoisotopic (exact) mass is 179 g/mol. The Hall–Kier alpha value is -0.990. The molecule has 1 aliphatic carbocycles. The van der Waals surface area contributed by atoms with E-state index in [0.717, 1.165) is 18.3 Å². The number of nitrogens with zero attached hydrogens (tertiary/aromatic N) is 2. The number of aryl methyl sites for hydroxylation is 1. The number of hydrogen-bond donors (Lipinski definition) is 1. The second-order valence-electron chi connectivity index (χ2n) is 3.87. The number of nitrogens with one attached hydrogen (secondary N) is 1. The molecule has 0 atom stereocenters. The van der Waals surface area contributed by atoms with E-state index in [1.807, 2.05) is 24.0 Å². The number of aromatic nitrogens is 2. The van der Waals surface area contributed by atoms with Crippen molar-refractivity contribution in [2.45, 2.75) is 25.7 Å². The summed E-state index contributed by atoms with van der Waals surface area (Å²) in [6, 6.07) is 2.02. The van der Waals surface area contributed by atoms with Crippen LogP contribution in [-0.4, -0.2) is 16.3 Å². The summed E-state index contributed by atoms with van der Waals surface area (Å²) in [5.74, 6) is 2.02. The average molecular weight is 179 g/mol. The molecule has 2 rings (SSSR count). The zero-order chi connectivity index (χ0) is 9.10. The SMILES string of the molecule is Cn1nccc1NCC1CCCC1. The van der Waals surface area contributed by atoms with E-state index in [1.54, 1.807) is 0 Å². The predicted molar refractivity (Wildman–Crippen MR) is 53.7 cm³/mol. The Balaban J connectivity index is 1.82. The summed E-state index contributed by atoms with van der Waals surface area (Å²) in [6.07, 6.45) is 7.45. The Kier molecular flexibility index (Phi) is 2.52. The molecule has 0 aliphatic heterocycles. The van der Waals surface area contributed by atoms with Crippen molar-refractivity contribution in [1.29, 1.82) is 0 Å². The maximum atomic E-state index is 4.12. The van der Waals surface area contributed by atoms with E-state index in [1.165, 1.54) is 25.7 Å². The van der Waals surface area contributed by atoms with Gasteiger partial charge < -0.3 is 5.32 Å². The van der Waals surface area contributed by atoms with Crippen LogP contribution in [0.1, 0.15) is 25.7 Å². The second-order valence-corrected chi connectivity index (χ2v) is 3.87. The summed E-state index contributed by atoms with van der Waals surface area (Å²) in [6.45, 7) is 1.11. The van der Waals surface area contributed by atoms with Crippen molar-refractivity contribution in [3.05, 3.63) is 12.3 Å². The van der Waals surface area contributed by atoms with Crippen molar-refractivity contribution in [1.82, 2.24) is 9.78 Å². The van der Waals surface area contributed by atoms with Crippen molar-refractivity contribution in [2.75, 3.05) is 11.9 Å². The fraction of sp³-hybridized carbons (Fsp3) is 0.700. The summed E-state index contributed by atoms with van der Waals surface area (Å²) in [4.78, 5) is 0. The van der Waals surface area contributed by atoms with E-state index >= 15 is 0 Å². The first-order valence-electron chi connectivity index (χ1n) is 5.08. The van der Waals surface area contributed by atoms with Crippen LogP contribution in [0.5, 0.6) is 0 Å². The molecule has 1 N–H and O–H groups in total. The predicted octanol–water partition coefficient (Wildman–Crippen LogP) is 2.02. The van der Waals surface area contributed by atoms with Gasteiger partial charge in [0, 0.05) is 19.7 Å². The van der Waals surface area contributed by atoms with Crippen LogP contribution in [0.2, 0.25) is 0 Å². The molecule has 0 radical (unpaired) electrons. The molecule has 0 spiro atoms. The Labute approximate surface area is 79.1 Å². The van der Waals surface area contributed by atoms with Crippen LogP contribution in [0.3, 0.4) is 0 Å². The van der Waals surface area contributed by atoms with E-state index < -0.39 is 0 Å². The van der Waals surface area contributed by atoms with Crippen LogP contribution in [0.25, 0.3) is 0 Å². The van der Waals surface area contributed by atoms with Crippen molar-refractivity contribution >= 4 is 5.82 Å². The quantitative estimate of drug-likeness (QED) is 0.769. The maximum absolute atomic E-state index is 4.12. The number of hydrogen-bond acceptors (Lipinski definition) is 2. The lowest BCUT2D eigenvalue weighted by molar-refractivity contribution is 0.576. The molecule has 0 aromatic carbocycles. The molecule has 3 nitrogen and oxygen atoms in total. The van der Waals surface area contributed by atoms with Crippen LogP contribution < -0.4 is 5.32 Å². The molecular formula is C10H17N3. The van der Waals surface area contributed by atoms with Gasteiger partial charge in [0.1, 0.15) is 5.82 Å². The lowest BCUT2D eigenvalue weighted by Crippen LogP contribution is -2.13. The molecule has 1 aromatic heterocycles. The molecule has 0 saturated heterocycles. The minimum Gasteiger partial charge on any atom is -0.370 e. The third-order valence-electron chi connectivity index (χ3n) is 2.87. The van der Waals surface area contributed by atoms with Gasteiger partial charge in [0.25, 0.3) is 0 Å². The molecule has 0 amide bonds. The van der Waals surface area contributed by atoms with Crippen molar-refractivity contribution in [3.8, 4) is 0 Å². The molecule has 0 bridgehead atoms. The minimum atomic E-state index is 0.884. The highest BCUT2D eigenvalue weighted by molar-refractivity contribution is 5.33. The van der Waals surface area contributed by atoms with Gasteiger partial charge in [0.2, 0.25) is 0 Å². The van der Waals surface area contributed by atoms with Gasteiger partial charge >= 0.3 is 0 Å². The second kappa shape index (κ2) is 3.81. The van der Waals surface area contributed by atoms with Crippen molar-refractivity contribution in [2.24, 2.45) is 13.0 Å². The van der Waals surface area contributed by atoms with Gasteiger partial charge in [-0.05, 0) is 18.8 Å². The fourth-order valence-corrected chi connectivity index (χ4v) is 2.01. The van der Waals surface area contributed by atoms with Gasteiger partial charge in [-0.25, -0.2) is 0 Å². The summed E-state index contributed by atoms with van der Waals surface area (Å²) in [5, 5.41) is 7.55. The Bertz CT molecular complexity index is 261. The number of anilines is 1. The highest BCUT2D eigenvalue weighted by Gasteiger charge is 2.14. The van der Waals surface area contributed by atoms with Crippen LogP contribution >= 0.6 is 0 Å². The van der Waals surface area contributed by atoms with Crippen molar-refractivity contribution in [3.63, 3.8) is 0 Å². The molecule has 13 heavy (non-hydrogen) atoms. The molecular weight excluding hydrogens is 162 g/mol. The first-order chi connectivity index (χ1) is 6.36. The standard InChI is InChI=1S/C10H17N3/c1-13-10(6-7-12-13)11-8-9-4-2-3-5-9/h6-7,9,11H,2-5,8H2,1H3. The highest BCUT2D eigenvalue weighted by Crippen LogP contribution is 2.24. The smallest absolute Gasteiger partial charge is 0.123 e. The summed E-state index contributed by atoms with van der Waals surface area (Å²) < 4.78 is 1.88. The summed E-state index contributed by atoms with van der Waals surface area (Å²) in [7, 11) is 1.97. The van der Waals surface area contributed by atoms with E-state index in [2.05, 4.69) is 10.4 Å². The highest BCUT2D eigenvalue weighted by atomic mass is 15.3. The van der Waals surface area contributed by atoms with E-state index in [-0.39, 0.29) is 0 Å². The normalized spacial score (nSPS) is 17.9. The van der Waals surface area contributed by atoms with Crippen molar-refractivity contribution < 1.29 is 0 Å². The first kappa shape index (κ1) is 8.60. The van der Waals surface area contributed by atoms with Crippen LogP contribution in [0, 0.1) is 5.92 Å². The molecule has 1 aliphatic rings. The molecule has 3 heteroatoms. The zero-order valence-electron chi connectivity index (χ0n) is 8.16. The lowest BCUT2D eigenvalue weighted by atomic mass is 10.1. The molecule has 1 saturated carbocycles. The van der Waals surface area contributed by atoms with Crippen LogP contribution in [0.4, 0.5) is 5.82 Å². The van der Waals surface area contributed by atoms with Gasteiger partial charge in [-0.2, -0.15) is 5.10 Å². The molecule has 1 aromatic rings. The van der Waals surface area contributed by atoms with Gasteiger partial charge in [-0.15, -0.1) is 0 Å². The van der Waals surface area contributed by atoms with E-state index in [0.29, 0.717) is 0 Å². The fourth-order valence-electron chi connectivity index (χ4n) is 2.01. The molecule has 1 heterocycles. The van der Waals surface area contributed by atoms with E-state index in [9.17, 15) is 0 Å². The maximum Gasteiger partial charge on any atom is 0.123 e. The Morgan fingerprint density at radius 1 is 1.54 bits per heavy atom. The summed E-state index contributed by atoms with van der Waals surface area (Å²) >= 11 is 0. The third kappa shape index (κ3) is 2.02. The third-order valence-corrected chi connectivity index (χ3v) is 2.87. The lowest BCUT2D eigenvalue weighted by Gasteiger charge is -2.11. The van der Waals surface area contributed by atoms with E-state index in [4.69, 9.17) is 0 Å². The Morgan fingerprint density at radius 2 is 2.31 bits per heavy atom. The zero-order valence-corrected chi connectivity index (χ0v) is 8.16. The van der Waals surface area contributed by atoms with Gasteiger partial charge in [-0.1, -0.05) is 12.8 Å². The van der Waals surface area contributed by atoms with Gasteiger partial charge in [0.05, 0.1) is 6.20 Å². The van der Waals surface area contributed by atoms with Crippen LogP contribution in [-0.2, 0) is 7.05 Å². The number of rotatable bonds is 3. The van der Waals surface area contributed by atoms with Crippen LogP contribution in [0.15, 0.2) is 12.3 Å². The average Bonchev–Trinajstić information content (AvgIpc) is 2.72. The molecule has 72 valence electrons. The van der Waals surface area contributed by atoms with Gasteiger partial charge in [-0.3, -0.25) is 4.68 Å². The first-order valence-corrected chi connectivity index (χ1v) is 5.08. The summed E-state index contributed by atoms with van der Waals surface area (Å²) in [5.41, 5.74) is 0. The van der Waals surface area contributed by atoms with Gasteiger partial charge in [0.15, 0.2) is 0 Å². The topological polar surface area (TPSA) is 29.9 Å². The Morgan fingerprint density at radius 3 is 2.92 bits per heavy atom. The minimum absolute atomic E-state index is 0.884. The molecule has 0 unspecified atom stereocenters. The largest absolute Gasteiger partial charge is 0.370 e.